The van der Waals surface area contributed by atoms with Gasteiger partial charge in [0.25, 0.3) is 20.2 Å². The standard InChI is InChI=1S/2C7H8O3S.C4H9NO.3H2O/c2*1-6-2-4-7(5-3-6)11(8,9)10;1-3-6-4-2-5-1;;;/h2*2-5H,1H3,(H,8,9,10);5H,1-4H2;3*1H2. The lowest BCUT2D eigenvalue weighted by molar-refractivity contribution is 0.109. The molecule has 1 heterocycles. The Kier molecular flexibility index (Phi) is 17.2. The van der Waals surface area contributed by atoms with E-state index in [1.54, 1.807) is 24.3 Å². The second kappa shape index (κ2) is 15.8. The van der Waals surface area contributed by atoms with Crippen LogP contribution in [0.1, 0.15) is 11.1 Å². The molecule has 1 aliphatic rings. The Labute approximate surface area is 182 Å². The number of morpholine rings is 1. The quantitative estimate of drug-likeness (QED) is 0.474. The topological polar surface area (TPSA) is 224 Å². The molecule has 2 aromatic rings. The molecule has 13 heteroatoms. The maximum absolute atomic E-state index is 10.5. The lowest BCUT2D eigenvalue weighted by Gasteiger charge is -2.10. The van der Waals surface area contributed by atoms with Crippen LogP contribution in [0.4, 0.5) is 0 Å². The molecule has 0 radical (unpaired) electrons. The SMILES string of the molecule is C1COCCN1.Cc1ccc(S(=O)(=O)O)cc1.Cc1ccc(S(=O)(=O)O)cc1.O.O.O. The first kappa shape index (κ1) is 33.7. The highest BCUT2D eigenvalue weighted by atomic mass is 32.2. The average Bonchev–Trinajstić information content (AvgIpc) is 2.63. The predicted octanol–water partition coefficient (Wildman–Crippen LogP) is -0.384. The molecule has 9 N–H and O–H groups in total. The van der Waals surface area contributed by atoms with Gasteiger partial charge in [-0.05, 0) is 38.1 Å². The zero-order chi connectivity index (χ0) is 21.2. The van der Waals surface area contributed by atoms with E-state index >= 15 is 0 Å². The average molecular weight is 486 g/mol. The fraction of sp³-hybridized carbons (Fsp3) is 0.333. The number of hydrogen-bond donors (Lipinski definition) is 3. The lowest BCUT2D eigenvalue weighted by Crippen LogP contribution is -2.30. The third-order valence-electron chi connectivity index (χ3n) is 3.48. The maximum atomic E-state index is 10.5. The summed E-state index contributed by atoms with van der Waals surface area (Å²) < 4.78 is 64.1. The van der Waals surface area contributed by atoms with Crippen molar-refractivity contribution in [3.63, 3.8) is 0 Å². The highest BCUT2D eigenvalue weighted by molar-refractivity contribution is 7.86. The molecule has 0 bridgehead atoms. The molecule has 31 heavy (non-hydrogen) atoms. The molecule has 0 aliphatic carbocycles. The van der Waals surface area contributed by atoms with Gasteiger partial charge in [0, 0.05) is 13.1 Å². The molecule has 2 aromatic carbocycles. The largest absolute Gasteiger partial charge is 0.412 e. The Morgan fingerprint density at radius 2 is 0.968 bits per heavy atom. The third kappa shape index (κ3) is 14.7. The smallest absolute Gasteiger partial charge is 0.294 e. The first-order valence-electron chi connectivity index (χ1n) is 8.37. The number of ether oxygens (including phenoxy) is 1. The van der Waals surface area contributed by atoms with E-state index in [9.17, 15) is 16.8 Å². The Morgan fingerprint density at radius 1 is 0.677 bits per heavy atom. The normalized spacial score (nSPS) is 12.8. The number of hydrogen-bond acceptors (Lipinski definition) is 6. The number of rotatable bonds is 2. The van der Waals surface area contributed by atoms with Crippen molar-refractivity contribution in [1.82, 2.24) is 5.32 Å². The van der Waals surface area contributed by atoms with Crippen molar-refractivity contribution in [3.05, 3.63) is 59.7 Å². The van der Waals surface area contributed by atoms with Crippen LogP contribution in [-0.2, 0) is 25.0 Å². The van der Waals surface area contributed by atoms with Gasteiger partial charge in [0.05, 0.1) is 23.0 Å². The van der Waals surface area contributed by atoms with E-state index in [0.29, 0.717) is 0 Å². The third-order valence-corrected chi connectivity index (χ3v) is 5.22. The molecular weight excluding hydrogens is 454 g/mol. The first-order chi connectivity index (χ1) is 13.0. The number of aryl methyl sites for hydroxylation is 2. The van der Waals surface area contributed by atoms with Crippen molar-refractivity contribution in [3.8, 4) is 0 Å². The van der Waals surface area contributed by atoms with E-state index in [4.69, 9.17) is 13.8 Å². The summed E-state index contributed by atoms with van der Waals surface area (Å²) in [6, 6.07) is 12.0. The second-order valence-electron chi connectivity index (χ2n) is 5.94. The summed E-state index contributed by atoms with van der Waals surface area (Å²) in [6.07, 6.45) is 0. The monoisotopic (exact) mass is 485 g/mol. The molecule has 1 aliphatic heterocycles. The minimum Gasteiger partial charge on any atom is -0.412 e. The van der Waals surface area contributed by atoms with Gasteiger partial charge in [-0.2, -0.15) is 16.8 Å². The molecule has 0 amide bonds. The van der Waals surface area contributed by atoms with E-state index in [1.165, 1.54) is 24.3 Å². The molecule has 0 saturated carbocycles. The van der Waals surface area contributed by atoms with E-state index in [2.05, 4.69) is 5.32 Å². The highest BCUT2D eigenvalue weighted by Gasteiger charge is 2.07. The van der Waals surface area contributed by atoms with Crippen molar-refractivity contribution in [2.75, 3.05) is 26.3 Å². The molecule has 0 atom stereocenters. The summed E-state index contributed by atoms with van der Waals surface area (Å²) in [4.78, 5) is -0.133. The second-order valence-corrected chi connectivity index (χ2v) is 8.78. The summed E-state index contributed by atoms with van der Waals surface area (Å²) >= 11 is 0. The summed E-state index contributed by atoms with van der Waals surface area (Å²) in [5.41, 5.74) is 1.91. The van der Waals surface area contributed by atoms with Crippen LogP contribution in [0.2, 0.25) is 0 Å². The van der Waals surface area contributed by atoms with Crippen LogP contribution >= 0.6 is 0 Å². The number of benzene rings is 2. The van der Waals surface area contributed by atoms with Crippen LogP contribution in [0.25, 0.3) is 0 Å². The number of nitrogens with one attached hydrogen (secondary N) is 1. The van der Waals surface area contributed by atoms with E-state index < -0.39 is 20.2 Å². The van der Waals surface area contributed by atoms with Gasteiger partial charge < -0.3 is 26.5 Å². The van der Waals surface area contributed by atoms with Crippen molar-refractivity contribution in [2.24, 2.45) is 0 Å². The molecular formula is C18H31NO10S2. The lowest BCUT2D eigenvalue weighted by atomic mass is 10.2. The van der Waals surface area contributed by atoms with Crippen LogP contribution in [-0.4, -0.2) is 68.7 Å². The van der Waals surface area contributed by atoms with Crippen LogP contribution in [0.5, 0.6) is 0 Å². The summed E-state index contributed by atoms with van der Waals surface area (Å²) in [5.74, 6) is 0. The van der Waals surface area contributed by atoms with E-state index in [0.717, 1.165) is 37.4 Å². The van der Waals surface area contributed by atoms with Crippen LogP contribution in [0.3, 0.4) is 0 Å². The van der Waals surface area contributed by atoms with Crippen LogP contribution < -0.4 is 5.32 Å². The summed E-state index contributed by atoms with van der Waals surface area (Å²) in [6.45, 7) is 7.52. The molecule has 0 aromatic heterocycles. The predicted molar refractivity (Wildman–Crippen MR) is 117 cm³/mol. The fourth-order valence-electron chi connectivity index (χ4n) is 1.94. The minimum absolute atomic E-state index is 0. The van der Waals surface area contributed by atoms with Gasteiger partial charge >= 0.3 is 0 Å². The molecule has 0 spiro atoms. The first-order valence-corrected chi connectivity index (χ1v) is 11.2. The van der Waals surface area contributed by atoms with Crippen molar-refractivity contribution < 1.29 is 47.1 Å². The van der Waals surface area contributed by atoms with Gasteiger partial charge in [-0.1, -0.05) is 35.4 Å². The van der Waals surface area contributed by atoms with Crippen molar-refractivity contribution >= 4 is 20.2 Å². The van der Waals surface area contributed by atoms with Gasteiger partial charge in [0.1, 0.15) is 0 Å². The fourth-order valence-corrected chi connectivity index (χ4v) is 2.90. The zero-order valence-corrected chi connectivity index (χ0v) is 18.8. The Morgan fingerprint density at radius 3 is 1.13 bits per heavy atom. The molecule has 1 fully saturated rings. The van der Waals surface area contributed by atoms with Gasteiger partial charge in [-0.15, -0.1) is 0 Å². The Bertz CT molecular complexity index is 839. The maximum Gasteiger partial charge on any atom is 0.294 e. The Hall–Kier alpha value is -1.94. The highest BCUT2D eigenvalue weighted by Crippen LogP contribution is 2.09. The summed E-state index contributed by atoms with van der Waals surface area (Å²) in [5, 5.41) is 3.16. The molecule has 3 rings (SSSR count). The Balaban J connectivity index is -0.000000375. The van der Waals surface area contributed by atoms with Crippen molar-refractivity contribution in [1.29, 1.82) is 0 Å². The van der Waals surface area contributed by atoms with Gasteiger partial charge in [-0.25, -0.2) is 0 Å². The van der Waals surface area contributed by atoms with Gasteiger partial charge in [0.2, 0.25) is 0 Å². The van der Waals surface area contributed by atoms with E-state index in [-0.39, 0.29) is 26.2 Å². The van der Waals surface area contributed by atoms with Gasteiger partial charge in [0.15, 0.2) is 0 Å². The molecule has 180 valence electrons. The van der Waals surface area contributed by atoms with Crippen LogP contribution in [0.15, 0.2) is 58.3 Å². The molecule has 0 unspecified atom stereocenters. The van der Waals surface area contributed by atoms with Crippen LogP contribution in [0, 0.1) is 13.8 Å². The molecule has 1 saturated heterocycles. The van der Waals surface area contributed by atoms with Gasteiger partial charge in [-0.3, -0.25) is 9.11 Å². The van der Waals surface area contributed by atoms with Crippen molar-refractivity contribution in [2.45, 2.75) is 23.6 Å². The minimum atomic E-state index is -4.02. The van der Waals surface area contributed by atoms with E-state index in [1.807, 2.05) is 13.8 Å². The molecule has 11 nitrogen and oxygen atoms in total. The zero-order valence-electron chi connectivity index (χ0n) is 17.2. The summed E-state index contributed by atoms with van der Waals surface area (Å²) in [7, 11) is -8.04.